The molecule has 10 heteroatoms. The average Bonchev–Trinajstić information content (AvgIpc) is 3.38. The second kappa shape index (κ2) is 9.70. The number of aromatic nitrogens is 2. The predicted octanol–water partition coefficient (Wildman–Crippen LogP) is 5.43. The number of pyridine rings is 1. The highest BCUT2D eigenvalue weighted by atomic mass is 35.5. The zero-order chi connectivity index (χ0) is 24.5. The number of piperidine rings is 1. The van der Waals surface area contributed by atoms with Gasteiger partial charge in [-0.05, 0) is 65.5 Å². The molecule has 2 aromatic heterocycles. The van der Waals surface area contributed by atoms with Crippen LogP contribution in [0.1, 0.15) is 65.0 Å². The quantitative estimate of drug-likeness (QED) is 0.596. The van der Waals surface area contributed by atoms with Gasteiger partial charge in [-0.1, -0.05) is 29.0 Å². The summed E-state index contributed by atoms with van der Waals surface area (Å²) < 4.78 is 6.20. The van der Waals surface area contributed by atoms with Crippen molar-refractivity contribution in [2.45, 2.75) is 70.4 Å². The molecule has 0 aromatic carbocycles. The molecule has 4 rings (SSSR count). The van der Waals surface area contributed by atoms with E-state index in [1.807, 2.05) is 50.8 Å². The lowest BCUT2D eigenvalue weighted by Gasteiger charge is -2.41. The van der Waals surface area contributed by atoms with Crippen LogP contribution in [0, 0.1) is 0 Å². The van der Waals surface area contributed by atoms with Crippen molar-refractivity contribution in [1.82, 2.24) is 19.8 Å². The summed E-state index contributed by atoms with van der Waals surface area (Å²) in [5, 5.41) is 3.91. The van der Waals surface area contributed by atoms with E-state index in [4.69, 9.17) is 21.3 Å². The molecule has 0 spiro atoms. The Morgan fingerprint density at radius 2 is 1.97 bits per heavy atom. The predicted molar refractivity (Wildman–Crippen MR) is 134 cm³/mol. The first-order valence-electron chi connectivity index (χ1n) is 11.7. The number of amides is 2. The van der Waals surface area contributed by atoms with Gasteiger partial charge < -0.3 is 15.0 Å². The summed E-state index contributed by atoms with van der Waals surface area (Å²) in [6, 6.07) is 5.92. The Balaban J connectivity index is 1.38. The second-order valence-corrected chi connectivity index (χ2v) is 11.8. The Bertz CT molecular complexity index is 1050. The number of nitrogens with zero attached hydrogens (tertiary/aromatic N) is 4. The summed E-state index contributed by atoms with van der Waals surface area (Å²) in [5.41, 5.74) is -0.446. The molecular formula is C24H32ClN5O3S. The van der Waals surface area contributed by atoms with E-state index < -0.39 is 17.2 Å². The molecule has 4 heterocycles. The number of halogens is 1. The SMILES string of the molecule is CC(C)(C)OC(=O)N1CCCC1(C)C(=O)N1CCC(c2cccc(Nc3ncc(Cl)s3)n2)CC1. The van der Waals surface area contributed by atoms with Crippen molar-refractivity contribution < 1.29 is 14.3 Å². The van der Waals surface area contributed by atoms with Crippen LogP contribution in [0.25, 0.3) is 0 Å². The molecule has 2 aliphatic rings. The maximum absolute atomic E-state index is 13.5. The van der Waals surface area contributed by atoms with E-state index in [9.17, 15) is 9.59 Å². The number of ether oxygens (including phenoxy) is 1. The van der Waals surface area contributed by atoms with Crippen molar-refractivity contribution in [2.75, 3.05) is 25.0 Å². The smallest absolute Gasteiger partial charge is 0.411 e. The van der Waals surface area contributed by atoms with Crippen LogP contribution in [0.4, 0.5) is 15.7 Å². The molecule has 2 amide bonds. The molecule has 2 fully saturated rings. The maximum Gasteiger partial charge on any atom is 0.411 e. The first-order valence-corrected chi connectivity index (χ1v) is 12.9. The van der Waals surface area contributed by atoms with Crippen molar-refractivity contribution >= 4 is 45.9 Å². The van der Waals surface area contributed by atoms with Crippen molar-refractivity contribution in [3.05, 3.63) is 34.4 Å². The summed E-state index contributed by atoms with van der Waals surface area (Å²) >= 11 is 7.33. The minimum Gasteiger partial charge on any atom is -0.444 e. The fraction of sp³-hybridized carbons (Fsp3) is 0.583. The van der Waals surface area contributed by atoms with Crippen molar-refractivity contribution in [3.8, 4) is 0 Å². The Labute approximate surface area is 209 Å². The average molecular weight is 506 g/mol. The van der Waals surface area contributed by atoms with E-state index >= 15 is 0 Å². The van der Waals surface area contributed by atoms with Gasteiger partial charge in [-0.25, -0.2) is 14.8 Å². The molecule has 1 N–H and O–H groups in total. The highest BCUT2D eigenvalue weighted by Gasteiger charge is 2.49. The third kappa shape index (κ3) is 5.46. The zero-order valence-electron chi connectivity index (χ0n) is 20.1. The molecule has 184 valence electrons. The fourth-order valence-electron chi connectivity index (χ4n) is 4.68. The minimum atomic E-state index is -0.855. The molecule has 1 unspecified atom stereocenters. The van der Waals surface area contributed by atoms with Crippen molar-refractivity contribution in [3.63, 3.8) is 0 Å². The summed E-state index contributed by atoms with van der Waals surface area (Å²) in [4.78, 5) is 38.8. The molecule has 0 saturated carbocycles. The lowest BCUT2D eigenvalue weighted by Crippen LogP contribution is -2.58. The zero-order valence-corrected chi connectivity index (χ0v) is 21.7. The van der Waals surface area contributed by atoms with E-state index in [0.29, 0.717) is 35.5 Å². The minimum absolute atomic E-state index is 0.0123. The van der Waals surface area contributed by atoms with E-state index in [2.05, 4.69) is 10.3 Å². The summed E-state index contributed by atoms with van der Waals surface area (Å²) in [6.07, 6.45) is 4.31. The van der Waals surface area contributed by atoms with Gasteiger partial charge in [0.05, 0.1) is 6.20 Å². The summed E-state index contributed by atoms with van der Waals surface area (Å²) in [7, 11) is 0. The number of hydrogen-bond donors (Lipinski definition) is 1. The van der Waals surface area contributed by atoms with Gasteiger partial charge >= 0.3 is 6.09 Å². The Morgan fingerprint density at radius 1 is 1.24 bits per heavy atom. The Morgan fingerprint density at radius 3 is 2.62 bits per heavy atom. The van der Waals surface area contributed by atoms with Gasteiger partial charge in [0.15, 0.2) is 5.13 Å². The summed E-state index contributed by atoms with van der Waals surface area (Å²) in [5.74, 6) is 1.01. The highest BCUT2D eigenvalue weighted by molar-refractivity contribution is 7.19. The molecule has 0 aliphatic carbocycles. The molecule has 0 radical (unpaired) electrons. The molecule has 8 nitrogen and oxygen atoms in total. The summed E-state index contributed by atoms with van der Waals surface area (Å²) in [6.45, 7) is 9.23. The number of carbonyl (C=O) groups excluding carboxylic acids is 2. The molecule has 2 saturated heterocycles. The van der Waals surface area contributed by atoms with Crippen LogP contribution in [0.5, 0.6) is 0 Å². The number of carbonyl (C=O) groups is 2. The maximum atomic E-state index is 13.5. The van der Waals surface area contributed by atoms with Crippen LogP contribution in [0.2, 0.25) is 4.34 Å². The van der Waals surface area contributed by atoms with Crippen LogP contribution < -0.4 is 5.32 Å². The van der Waals surface area contributed by atoms with Gasteiger partial charge in [-0.3, -0.25) is 9.69 Å². The first kappa shape index (κ1) is 24.7. The van der Waals surface area contributed by atoms with Gasteiger partial charge in [0.1, 0.15) is 21.3 Å². The largest absolute Gasteiger partial charge is 0.444 e. The van der Waals surface area contributed by atoms with E-state index in [1.54, 1.807) is 11.1 Å². The molecule has 0 bridgehead atoms. The van der Waals surface area contributed by atoms with Gasteiger partial charge in [0, 0.05) is 31.2 Å². The first-order chi connectivity index (χ1) is 16.0. The van der Waals surface area contributed by atoms with Crippen LogP contribution >= 0.6 is 22.9 Å². The lowest BCUT2D eigenvalue weighted by atomic mass is 9.90. The number of likely N-dealkylation sites (tertiary alicyclic amines) is 2. The normalized spacial score (nSPS) is 21.6. The van der Waals surface area contributed by atoms with Crippen LogP contribution in [-0.2, 0) is 9.53 Å². The van der Waals surface area contributed by atoms with Gasteiger partial charge in [0.2, 0.25) is 5.91 Å². The topological polar surface area (TPSA) is 87.7 Å². The lowest BCUT2D eigenvalue weighted by molar-refractivity contribution is -0.143. The van der Waals surface area contributed by atoms with E-state index in [-0.39, 0.29) is 11.8 Å². The second-order valence-electron chi connectivity index (χ2n) is 10.1. The third-order valence-electron chi connectivity index (χ3n) is 6.40. The van der Waals surface area contributed by atoms with Crippen molar-refractivity contribution in [2.24, 2.45) is 0 Å². The molecule has 1 atom stereocenters. The number of nitrogens with one attached hydrogen (secondary N) is 1. The molecule has 2 aliphatic heterocycles. The van der Waals surface area contributed by atoms with E-state index in [1.165, 1.54) is 11.3 Å². The standard InChI is InChI=1S/C24H32ClN5O3S/c1-23(2,3)33-22(32)30-12-6-11-24(30,4)20(31)29-13-9-16(10-14-29)17-7-5-8-19(27-17)28-21-26-15-18(25)34-21/h5,7-8,15-16H,6,9-14H2,1-4H3,(H,26,27,28). The Kier molecular flexibility index (Phi) is 7.05. The fourth-order valence-corrected chi connectivity index (χ4v) is 5.50. The van der Waals surface area contributed by atoms with Crippen molar-refractivity contribution in [1.29, 1.82) is 0 Å². The number of anilines is 2. The molecule has 34 heavy (non-hydrogen) atoms. The van der Waals surface area contributed by atoms with Gasteiger partial charge in [-0.2, -0.15) is 0 Å². The van der Waals surface area contributed by atoms with Crippen LogP contribution in [0.15, 0.2) is 24.4 Å². The van der Waals surface area contributed by atoms with Gasteiger partial charge in [0.25, 0.3) is 0 Å². The molecule has 2 aromatic rings. The third-order valence-corrected chi connectivity index (χ3v) is 7.43. The number of rotatable bonds is 4. The van der Waals surface area contributed by atoms with Gasteiger partial charge in [-0.15, -0.1) is 0 Å². The Hall–Kier alpha value is -2.39. The number of hydrogen-bond acceptors (Lipinski definition) is 7. The molecular weight excluding hydrogens is 474 g/mol. The van der Waals surface area contributed by atoms with Crippen LogP contribution in [-0.4, -0.2) is 62.5 Å². The highest BCUT2D eigenvalue weighted by Crippen LogP contribution is 2.35. The van der Waals surface area contributed by atoms with Crippen LogP contribution in [0.3, 0.4) is 0 Å². The van der Waals surface area contributed by atoms with E-state index in [0.717, 1.165) is 30.8 Å². The monoisotopic (exact) mass is 505 g/mol. The number of thiazole rings is 1.